The van der Waals surface area contributed by atoms with E-state index < -0.39 is 11.8 Å². The predicted molar refractivity (Wildman–Crippen MR) is 116 cm³/mol. The Kier molecular flexibility index (Phi) is 5.43. The summed E-state index contributed by atoms with van der Waals surface area (Å²) in [6.07, 6.45) is 1.58. The molecule has 1 aliphatic heterocycles. The van der Waals surface area contributed by atoms with Crippen LogP contribution < -0.4 is 15.1 Å². The van der Waals surface area contributed by atoms with E-state index in [2.05, 4.69) is 21.2 Å². The summed E-state index contributed by atoms with van der Waals surface area (Å²) in [5.74, 6) is -0.932. The number of thiocarbonyl (C=S) groups is 1. The number of halogens is 1. The average molecular weight is 444 g/mol. The molecule has 0 bridgehead atoms. The van der Waals surface area contributed by atoms with Crippen molar-refractivity contribution in [1.82, 2.24) is 5.32 Å². The van der Waals surface area contributed by atoms with Gasteiger partial charge in [0.1, 0.15) is 5.57 Å². The number of amides is 2. The zero-order valence-corrected chi connectivity index (χ0v) is 17.5. The summed E-state index contributed by atoms with van der Waals surface area (Å²) < 4.78 is 0.903. The van der Waals surface area contributed by atoms with Crippen LogP contribution in [0.15, 0.2) is 52.5 Å². The molecule has 0 radical (unpaired) electrons. The molecule has 0 aromatic heterocycles. The Morgan fingerprint density at radius 2 is 1.78 bits per heavy atom. The van der Waals surface area contributed by atoms with Crippen LogP contribution >= 0.6 is 28.1 Å². The van der Waals surface area contributed by atoms with E-state index in [1.807, 2.05) is 62.3 Å². The van der Waals surface area contributed by atoms with Gasteiger partial charge in [0, 0.05) is 24.3 Å². The number of carbonyl (C=O) groups excluding carboxylic acids is 2. The third kappa shape index (κ3) is 3.94. The smallest absolute Gasteiger partial charge is 0.270 e. The molecule has 3 rings (SSSR count). The van der Waals surface area contributed by atoms with Crippen molar-refractivity contribution in [3.8, 4) is 0 Å². The molecule has 0 unspecified atom stereocenters. The maximum absolute atomic E-state index is 13.1. The van der Waals surface area contributed by atoms with Crippen LogP contribution in [0.25, 0.3) is 6.08 Å². The Morgan fingerprint density at radius 1 is 1.11 bits per heavy atom. The second-order valence-corrected chi connectivity index (χ2v) is 7.68. The predicted octanol–water partition coefficient (Wildman–Crippen LogP) is 3.65. The maximum Gasteiger partial charge on any atom is 0.270 e. The number of anilines is 2. The summed E-state index contributed by atoms with van der Waals surface area (Å²) in [4.78, 5) is 28.8. The minimum Gasteiger partial charge on any atom is -0.378 e. The van der Waals surface area contributed by atoms with Crippen molar-refractivity contribution in [2.45, 2.75) is 6.92 Å². The molecule has 5 nitrogen and oxygen atoms in total. The number of aryl methyl sites for hydroxylation is 1. The van der Waals surface area contributed by atoms with Crippen molar-refractivity contribution >= 4 is 62.5 Å². The number of nitrogens with one attached hydrogen (secondary N) is 1. The van der Waals surface area contributed by atoms with Crippen LogP contribution in [0.4, 0.5) is 11.4 Å². The van der Waals surface area contributed by atoms with Gasteiger partial charge in [0.05, 0.1) is 5.69 Å². The van der Waals surface area contributed by atoms with E-state index >= 15 is 0 Å². The van der Waals surface area contributed by atoms with Gasteiger partial charge in [-0.3, -0.25) is 19.8 Å². The standard InChI is InChI=1S/C20H18BrN3O2S/c1-12-10-14(21)6-9-17(12)24-19(26)16(18(25)22-20(24)27)11-13-4-7-15(8-5-13)23(2)3/h4-11H,1-3H3,(H,22,25,27). The number of benzene rings is 2. The lowest BCUT2D eigenvalue weighted by atomic mass is 10.1. The minimum atomic E-state index is -0.493. The normalized spacial score (nSPS) is 15.9. The van der Waals surface area contributed by atoms with E-state index in [0.717, 1.165) is 21.3 Å². The van der Waals surface area contributed by atoms with E-state index in [4.69, 9.17) is 12.2 Å². The molecule has 2 aromatic rings. The van der Waals surface area contributed by atoms with Gasteiger partial charge in [0.25, 0.3) is 11.8 Å². The van der Waals surface area contributed by atoms with Gasteiger partial charge in [0.15, 0.2) is 5.11 Å². The van der Waals surface area contributed by atoms with E-state index in [0.29, 0.717) is 5.69 Å². The Labute approximate surface area is 171 Å². The SMILES string of the molecule is Cc1cc(Br)ccc1N1C(=O)C(=Cc2ccc(N(C)C)cc2)C(=O)NC1=S. The highest BCUT2D eigenvalue weighted by atomic mass is 79.9. The Bertz CT molecular complexity index is 968. The lowest BCUT2D eigenvalue weighted by molar-refractivity contribution is -0.122. The van der Waals surface area contributed by atoms with E-state index in [-0.39, 0.29) is 10.7 Å². The minimum absolute atomic E-state index is 0.0449. The number of rotatable bonds is 3. The molecule has 0 aliphatic carbocycles. The van der Waals surface area contributed by atoms with Crippen molar-refractivity contribution in [2.24, 2.45) is 0 Å². The van der Waals surface area contributed by atoms with Gasteiger partial charge < -0.3 is 4.90 Å². The fraction of sp³-hybridized carbons (Fsp3) is 0.150. The first-order valence-corrected chi connectivity index (χ1v) is 9.43. The van der Waals surface area contributed by atoms with Gasteiger partial charge in [0.2, 0.25) is 0 Å². The quantitative estimate of drug-likeness (QED) is 0.446. The lowest BCUT2D eigenvalue weighted by Crippen LogP contribution is -2.54. The Balaban J connectivity index is 1.99. The first kappa shape index (κ1) is 19.3. The topological polar surface area (TPSA) is 52.7 Å². The molecule has 138 valence electrons. The summed E-state index contributed by atoms with van der Waals surface area (Å²) in [7, 11) is 3.90. The van der Waals surface area contributed by atoms with Gasteiger partial charge in [-0.2, -0.15) is 0 Å². The number of nitrogens with zero attached hydrogens (tertiary/aromatic N) is 2. The molecule has 1 aliphatic rings. The Hall–Kier alpha value is -2.51. The molecule has 27 heavy (non-hydrogen) atoms. The molecule has 7 heteroatoms. The summed E-state index contributed by atoms with van der Waals surface area (Å²) in [6, 6.07) is 13.1. The Morgan fingerprint density at radius 3 is 2.37 bits per heavy atom. The summed E-state index contributed by atoms with van der Waals surface area (Å²) >= 11 is 8.66. The third-order valence-electron chi connectivity index (χ3n) is 4.22. The van der Waals surface area contributed by atoms with Gasteiger partial charge in [-0.15, -0.1) is 0 Å². The van der Waals surface area contributed by atoms with Crippen molar-refractivity contribution in [2.75, 3.05) is 23.9 Å². The number of carbonyl (C=O) groups is 2. The molecular weight excluding hydrogens is 426 g/mol. The summed E-state index contributed by atoms with van der Waals surface area (Å²) in [6.45, 7) is 1.88. The van der Waals surface area contributed by atoms with Crippen LogP contribution in [0, 0.1) is 6.92 Å². The fourth-order valence-corrected chi connectivity index (χ4v) is 3.53. The molecule has 1 saturated heterocycles. The molecule has 0 atom stereocenters. The molecule has 1 heterocycles. The zero-order chi connectivity index (χ0) is 19.7. The first-order valence-electron chi connectivity index (χ1n) is 8.23. The summed E-state index contributed by atoms with van der Waals surface area (Å²) in [5.41, 5.74) is 3.35. The highest BCUT2D eigenvalue weighted by Gasteiger charge is 2.35. The zero-order valence-electron chi connectivity index (χ0n) is 15.1. The number of hydrogen-bond acceptors (Lipinski definition) is 4. The lowest BCUT2D eigenvalue weighted by Gasteiger charge is -2.30. The van der Waals surface area contributed by atoms with Crippen molar-refractivity contribution < 1.29 is 9.59 Å². The number of hydrogen-bond donors (Lipinski definition) is 1. The van der Waals surface area contributed by atoms with Crippen LogP contribution in [0.1, 0.15) is 11.1 Å². The van der Waals surface area contributed by atoms with Gasteiger partial charge in [-0.05, 0) is 66.7 Å². The van der Waals surface area contributed by atoms with Crippen LogP contribution in [-0.4, -0.2) is 31.0 Å². The monoisotopic (exact) mass is 443 g/mol. The molecule has 2 amide bonds. The van der Waals surface area contributed by atoms with E-state index in [1.165, 1.54) is 4.90 Å². The molecule has 0 saturated carbocycles. The average Bonchev–Trinajstić information content (AvgIpc) is 2.60. The maximum atomic E-state index is 13.1. The van der Waals surface area contributed by atoms with Crippen LogP contribution in [0.5, 0.6) is 0 Å². The molecule has 1 N–H and O–H groups in total. The first-order chi connectivity index (χ1) is 12.8. The highest BCUT2D eigenvalue weighted by Crippen LogP contribution is 2.27. The molecule has 2 aromatic carbocycles. The van der Waals surface area contributed by atoms with E-state index in [1.54, 1.807) is 12.1 Å². The molecular formula is C20H18BrN3O2S. The van der Waals surface area contributed by atoms with Gasteiger partial charge >= 0.3 is 0 Å². The largest absolute Gasteiger partial charge is 0.378 e. The highest BCUT2D eigenvalue weighted by molar-refractivity contribution is 9.10. The van der Waals surface area contributed by atoms with Crippen LogP contribution in [0.2, 0.25) is 0 Å². The molecule has 1 fully saturated rings. The van der Waals surface area contributed by atoms with Crippen molar-refractivity contribution in [3.05, 3.63) is 63.6 Å². The van der Waals surface area contributed by atoms with Crippen molar-refractivity contribution in [3.63, 3.8) is 0 Å². The second-order valence-electron chi connectivity index (χ2n) is 6.37. The third-order valence-corrected chi connectivity index (χ3v) is 5.00. The van der Waals surface area contributed by atoms with E-state index in [9.17, 15) is 9.59 Å². The second kappa shape index (κ2) is 7.62. The summed E-state index contributed by atoms with van der Waals surface area (Å²) in [5, 5.41) is 2.69. The van der Waals surface area contributed by atoms with Crippen molar-refractivity contribution in [1.29, 1.82) is 0 Å². The van der Waals surface area contributed by atoms with Crippen LogP contribution in [0.3, 0.4) is 0 Å². The van der Waals surface area contributed by atoms with Crippen LogP contribution in [-0.2, 0) is 9.59 Å². The molecule has 0 spiro atoms. The fourth-order valence-electron chi connectivity index (χ4n) is 2.78. The van der Waals surface area contributed by atoms with Gasteiger partial charge in [-0.25, -0.2) is 0 Å². The van der Waals surface area contributed by atoms with Gasteiger partial charge in [-0.1, -0.05) is 28.1 Å².